The van der Waals surface area contributed by atoms with E-state index in [0.29, 0.717) is 18.4 Å². The van der Waals surface area contributed by atoms with Gasteiger partial charge in [-0.2, -0.15) is 0 Å². The average molecular weight is 400 g/mol. The van der Waals surface area contributed by atoms with Gasteiger partial charge in [0.15, 0.2) is 0 Å². The second-order valence-electron chi connectivity index (χ2n) is 9.37. The van der Waals surface area contributed by atoms with E-state index >= 15 is 0 Å². The molecule has 1 saturated heterocycles. The molecular weight excluding hydrogens is 362 g/mol. The first-order valence-corrected chi connectivity index (χ1v) is 11.6. The van der Waals surface area contributed by atoms with E-state index in [4.69, 9.17) is 4.98 Å². The highest BCUT2D eigenvalue weighted by Crippen LogP contribution is 2.25. The molecule has 0 aromatic carbocycles. The molecule has 1 amide bonds. The molecule has 29 heavy (non-hydrogen) atoms. The topological polar surface area (TPSA) is 51.7 Å². The van der Waals surface area contributed by atoms with Crippen LogP contribution in [-0.4, -0.2) is 77.4 Å². The summed E-state index contributed by atoms with van der Waals surface area (Å²) in [6, 6.07) is 5.07. The van der Waals surface area contributed by atoms with E-state index in [1.54, 1.807) is 0 Å². The first-order valence-electron chi connectivity index (χ1n) is 11.6. The average Bonchev–Trinajstić information content (AvgIpc) is 2.67. The molecule has 3 aliphatic rings. The maximum absolute atomic E-state index is 12.8. The van der Waals surface area contributed by atoms with E-state index in [-0.39, 0.29) is 0 Å². The number of piperazine rings is 1. The molecule has 0 radical (unpaired) electrons. The van der Waals surface area contributed by atoms with Crippen LogP contribution in [0.3, 0.4) is 0 Å². The van der Waals surface area contributed by atoms with Crippen molar-refractivity contribution in [2.45, 2.75) is 58.5 Å². The molecule has 160 valence electrons. The van der Waals surface area contributed by atoms with Crippen molar-refractivity contribution in [3.05, 3.63) is 23.4 Å². The van der Waals surface area contributed by atoms with Gasteiger partial charge in [0.05, 0.1) is 6.54 Å². The van der Waals surface area contributed by atoms with E-state index in [1.807, 2.05) is 0 Å². The lowest BCUT2D eigenvalue weighted by Gasteiger charge is -2.43. The monoisotopic (exact) mass is 399 g/mol. The highest BCUT2D eigenvalue weighted by molar-refractivity contribution is 5.78. The third-order valence-electron chi connectivity index (χ3n) is 6.77. The molecule has 1 saturated carbocycles. The Balaban J connectivity index is 1.24. The zero-order valence-corrected chi connectivity index (χ0v) is 18.2. The maximum atomic E-state index is 12.8. The van der Waals surface area contributed by atoms with Crippen molar-refractivity contribution in [2.75, 3.05) is 51.1 Å². The first-order chi connectivity index (χ1) is 14.1. The Morgan fingerprint density at radius 3 is 2.66 bits per heavy atom. The lowest BCUT2D eigenvalue weighted by Crippen LogP contribution is -2.55. The summed E-state index contributed by atoms with van der Waals surface area (Å²) in [4.78, 5) is 24.6. The highest BCUT2D eigenvalue weighted by Gasteiger charge is 2.30. The summed E-state index contributed by atoms with van der Waals surface area (Å²) in [6.07, 6.45) is 6.17. The van der Waals surface area contributed by atoms with Crippen LogP contribution in [0.1, 0.15) is 50.8 Å². The van der Waals surface area contributed by atoms with Crippen LogP contribution in [0.25, 0.3) is 0 Å². The van der Waals surface area contributed by atoms with E-state index in [9.17, 15) is 4.79 Å². The molecule has 1 aliphatic carbocycles. The number of anilines is 1. The SMILES string of the molecule is CC(C)CCNc1ccc2c(n1)CCN(CC(=O)N1CCN(C3CCC3)CC1)C2. The molecule has 1 N–H and O–H groups in total. The molecule has 0 unspecified atom stereocenters. The van der Waals surface area contributed by atoms with Crippen LogP contribution in [0.2, 0.25) is 0 Å². The Morgan fingerprint density at radius 1 is 1.17 bits per heavy atom. The first kappa shape index (κ1) is 20.6. The summed E-state index contributed by atoms with van der Waals surface area (Å²) in [5.74, 6) is 1.98. The zero-order valence-electron chi connectivity index (χ0n) is 18.2. The summed E-state index contributed by atoms with van der Waals surface area (Å²) in [6.45, 7) is 11.6. The summed E-state index contributed by atoms with van der Waals surface area (Å²) < 4.78 is 0. The predicted molar refractivity (Wildman–Crippen MR) is 117 cm³/mol. The van der Waals surface area contributed by atoms with Crippen LogP contribution in [-0.2, 0) is 17.8 Å². The van der Waals surface area contributed by atoms with Crippen LogP contribution >= 0.6 is 0 Å². The second kappa shape index (κ2) is 9.43. The molecular formula is C23H37N5O. The maximum Gasteiger partial charge on any atom is 0.236 e. The number of aromatic nitrogens is 1. The van der Waals surface area contributed by atoms with Crippen molar-refractivity contribution in [1.29, 1.82) is 0 Å². The highest BCUT2D eigenvalue weighted by atomic mass is 16.2. The smallest absolute Gasteiger partial charge is 0.236 e. The molecule has 3 heterocycles. The van der Waals surface area contributed by atoms with Gasteiger partial charge < -0.3 is 10.2 Å². The van der Waals surface area contributed by atoms with Crippen LogP contribution in [0.5, 0.6) is 0 Å². The lowest BCUT2D eigenvalue weighted by atomic mass is 9.91. The minimum atomic E-state index is 0.293. The third-order valence-corrected chi connectivity index (χ3v) is 6.77. The number of nitrogens with one attached hydrogen (secondary N) is 1. The standard InChI is InChI=1S/C23H37N5O/c1-18(2)8-10-24-22-7-6-19-16-26(11-9-21(19)25-22)17-23(29)28-14-12-27(13-15-28)20-4-3-5-20/h6-7,18,20H,3-5,8-17H2,1-2H3,(H,24,25). The van der Waals surface area contributed by atoms with Gasteiger partial charge >= 0.3 is 0 Å². The fourth-order valence-corrected chi connectivity index (χ4v) is 4.58. The number of hydrogen-bond donors (Lipinski definition) is 1. The van der Waals surface area contributed by atoms with Gasteiger partial charge in [0.25, 0.3) is 0 Å². The van der Waals surface area contributed by atoms with Crippen LogP contribution in [0.15, 0.2) is 12.1 Å². The Hall–Kier alpha value is -1.66. The number of carbonyl (C=O) groups excluding carboxylic acids is 1. The van der Waals surface area contributed by atoms with Gasteiger partial charge in [0.2, 0.25) is 5.91 Å². The Bertz CT molecular complexity index is 695. The number of pyridine rings is 1. The summed E-state index contributed by atoms with van der Waals surface area (Å²) in [5, 5.41) is 3.44. The van der Waals surface area contributed by atoms with Crippen molar-refractivity contribution < 1.29 is 4.79 Å². The Kier molecular flexibility index (Phi) is 6.70. The third kappa shape index (κ3) is 5.28. The molecule has 4 rings (SSSR count). The van der Waals surface area contributed by atoms with Crippen molar-refractivity contribution in [3.63, 3.8) is 0 Å². The van der Waals surface area contributed by atoms with Crippen LogP contribution < -0.4 is 5.32 Å². The van der Waals surface area contributed by atoms with E-state index in [0.717, 1.165) is 70.5 Å². The number of rotatable bonds is 7. The molecule has 6 nitrogen and oxygen atoms in total. The van der Waals surface area contributed by atoms with E-state index in [1.165, 1.54) is 30.5 Å². The fraction of sp³-hybridized carbons (Fsp3) is 0.739. The predicted octanol–water partition coefficient (Wildman–Crippen LogP) is 2.59. The summed E-state index contributed by atoms with van der Waals surface area (Å²) in [5.41, 5.74) is 2.46. The van der Waals surface area contributed by atoms with Gasteiger partial charge in [-0.1, -0.05) is 26.3 Å². The number of carbonyl (C=O) groups is 1. The largest absolute Gasteiger partial charge is 0.370 e. The summed E-state index contributed by atoms with van der Waals surface area (Å²) >= 11 is 0. The van der Waals surface area contributed by atoms with Gasteiger partial charge in [-0.05, 0) is 36.8 Å². The van der Waals surface area contributed by atoms with E-state index in [2.05, 4.69) is 46.0 Å². The van der Waals surface area contributed by atoms with E-state index < -0.39 is 0 Å². The number of fused-ring (bicyclic) bond motifs is 1. The van der Waals surface area contributed by atoms with Crippen LogP contribution in [0, 0.1) is 5.92 Å². The van der Waals surface area contributed by atoms with Gasteiger partial charge in [-0.25, -0.2) is 4.98 Å². The quantitative estimate of drug-likeness (QED) is 0.764. The molecule has 2 fully saturated rings. The molecule has 2 aliphatic heterocycles. The zero-order chi connectivity index (χ0) is 20.2. The van der Waals surface area contributed by atoms with Crippen molar-refractivity contribution in [2.24, 2.45) is 5.92 Å². The number of hydrogen-bond acceptors (Lipinski definition) is 5. The van der Waals surface area contributed by atoms with Crippen LogP contribution in [0.4, 0.5) is 5.82 Å². The number of nitrogens with zero attached hydrogens (tertiary/aromatic N) is 4. The molecule has 0 atom stereocenters. The molecule has 1 aromatic rings. The van der Waals surface area contributed by atoms with Gasteiger partial charge in [0.1, 0.15) is 5.82 Å². The van der Waals surface area contributed by atoms with Gasteiger partial charge in [-0.15, -0.1) is 0 Å². The van der Waals surface area contributed by atoms with Gasteiger partial charge in [-0.3, -0.25) is 14.6 Å². The minimum absolute atomic E-state index is 0.293. The fourth-order valence-electron chi connectivity index (χ4n) is 4.58. The lowest BCUT2D eigenvalue weighted by molar-refractivity contribution is -0.135. The number of amides is 1. The summed E-state index contributed by atoms with van der Waals surface area (Å²) in [7, 11) is 0. The molecule has 0 spiro atoms. The normalized spacial score (nSPS) is 21.1. The Morgan fingerprint density at radius 2 is 1.97 bits per heavy atom. The Labute approximate surface area is 175 Å². The van der Waals surface area contributed by atoms with Gasteiger partial charge in [0, 0.05) is 64.0 Å². The van der Waals surface area contributed by atoms with Crippen molar-refractivity contribution in [1.82, 2.24) is 19.7 Å². The minimum Gasteiger partial charge on any atom is -0.370 e. The van der Waals surface area contributed by atoms with Crippen molar-refractivity contribution >= 4 is 11.7 Å². The molecule has 0 bridgehead atoms. The molecule has 6 heteroatoms. The second-order valence-corrected chi connectivity index (χ2v) is 9.37. The molecule has 1 aromatic heterocycles. The van der Waals surface area contributed by atoms with Crippen molar-refractivity contribution in [3.8, 4) is 0 Å².